The van der Waals surface area contributed by atoms with Crippen molar-refractivity contribution >= 4 is 15.7 Å². The van der Waals surface area contributed by atoms with E-state index in [1.54, 1.807) is 12.1 Å². The van der Waals surface area contributed by atoms with Crippen molar-refractivity contribution in [3.05, 3.63) is 59.7 Å². The molecular formula is C22H27F3N2O2S. The average Bonchev–Trinajstić information content (AvgIpc) is 3.16. The van der Waals surface area contributed by atoms with E-state index >= 15 is 0 Å². The third kappa shape index (κ3) is 5.35. The van der Waals surface area contributed by atoms with Crippen molar-refractivity contribution in [3.8, 4) is 0 Å². The Morgan fingerprint density at radius 1 is 1.10 bits per heavy atom. The molecule has 0 amide bonds. The molecule has 4 nitrogen and oxygen atoms in total. The fourth-order valence-corrected chi connectivity index (χ4v) is 4.84. The van der Waals surface area contributed by atoms with Crippen LogP contribution in [0.3, 0.4) is 0 Å². The Balaban J connectivity index is 1.67. The lowest BCUT2D eigenvalue weighted by molar-refractivity contribution is -0.146. The number of anilines is 1. The van der Waals surface area contributed by atoms with Crippen LogP contribution in [0, 0.1) is 0 Å². The number of halogens is 3. The number of hydrogen-bond acceptors (Lipinski definition) is 3. The first kappa shape index (κ1) is 22.6. The molecule has 2 aromatic rings. The van der Waals surface area contributed by atoms with Crippen LogP contribution < -0.4 is 4.72 Å². The minimum atomic E-state index is -4.37. The maximum absolute atomic E-state index is 12.8. The van der Waals surface area contributed by atoms with E-state index in [4.69, 9.17) is 0 Å². The normalized spacial score (nSPS) is 19.0. The Morgan fingerprint density at radius 3 is 2.30 bits per heavy atom. The minimum Gasteiger partial charge on any atom is -0.303 e. The van der Waals surface area contributed by atoms with E-state index in [0.29, 0.717) is 11.6 Å². The predicted molar refractivity (Wildman–Crippen MR) is 112 cm³/mol. The molecule has 2 atom stereocenters. The second-order valence-electron chi connectivity index (χ2n) is 7.85. The van der Waals surface area contributed by atoms with Crippen molar-refractivity contribution in [2.24, 2.45) is 0 Å². The van der Waals surface area contributed by atoms with Crippen LogP contribution in [0.2, 0.25) is 0 Å². The number of sulfonamides is 1. The molecule has 0 aromatic heterocycles. The van der Waals surface area contributed by atoms with Gasteiger partial charge in [0.15, 0.2) is 0 Å². The maximum Gasteiger partial charge on any atom is 0.395 e. The van der Waals surface area contributed by atoms with E-state index in [1.165, 1.54) is 29.8 Å². The molecule has 8 heteroatoms. The van der Waals surface area contributed by atoms with Crippen LogP contribution in [-0.2, 0) is 10.0 Å². The van der Waals surface area contributed by atoms with Gasteiger partial charge in [0.2, 0.25) is 0 Å². The first-order valence-corrected chi connectivity index (χ1v) is 11.6. The fraction of sp³-hybridized carbons (Fsp3) is 0.455. The summed E-state index contributed by atoms with van der Waals surface area (Å²) in [5, 5.41) is 0. The Labute approximate surface area is 176 Å². The Bertz CT molecular complexity index is 942. The van der Waals surface area contributed by atoms with Gasteiger partial charge in [-0.2, -0.15) is 13.2 Å². The molecule has 0 saturated carbocycles. The summed E-state index contributed by atoms with van der Waals surface area (Å²) in [6, 6.07) is 12.2. The summed E-state index contributed by atoms with van der Waals surface area (Å²) in [5.74, 6) is -1.20. The number of alkyl halides is 3. The fourth-order valence-electron chi connectivity index (χ4n) is 3.79. The van der Waals surface area contributed by atoms with Crippen LogP contribution in [-0.4, -0.2) is 39.1 Å². The van der Waals surface area contributed by atoms with Crippen LogP contribution in [0.5, 0.6) is 0 Å². The quantitative estimate of drug-likeness (QED) is 0.631. The molecule has 1 aliphatic rings. The lowest BCUT2D eigenvalue weighted by atomic mass is 9.98. The monoisotopic (exact) mass is 440 g/mol. The average molecular weight is 441 g/mol. The molecule has 0 radical (unpaired) electrons. The number of nitrogens with zero attached hydrogens (tertiary/aromatic N) is 1. The van der Waals surface area contributed by atoms with E-state index in [2.05, 4.69) is 16.5 Å². The molecule has 30 heavy (non-hydrogen) atoms. The molecule has 1 N–H and O–H groups in total. The van der Waals surface area contributed by atoms with Gasteiger partial charge in [0.1, 0.15) is 0 Å². The first-order valence-electron chi connectivity index (χ1n) is 10.1. The summed E-state index contributed by atoms with van der Waals surface area (Å²) in [4.78, 5) is 2.36. The van der Waals surface area contributed by atoms with E-state index < -0.39 is 22.1 Å². The van der Waals surface area contributed by atoms with Crippen LogP contribution >= 0.6 is 0 Å². The number of likely N-dealkylation sites (tertiary alicyclic amines) is 1. The van der Waals surface area contributed by atoms with E-state index in [-0.39, 0.29) is 10.5 Å². The van der Waals surface area contributed by atoms with Gasteiger partial charge in [-0.05, 0) is 74.2 Å². The summed E-state index contributed by atoms with van der Waals surface area (Å²) in [6.45, 7) is 6.40. The van der Waals surface area contributed by atoms with Crippen LogP contribution in [0.4, 0.5) is 18.9 Å². The highest BCUT2D eigenvalue weighted by Gasteiger charge is 2.37. The highest BCUT2D eigenvalue weighted by Crippen LogP contribution is 2.34. The second-order valence-corrected chi connectivity index (χ2v) is 9.53. The SMILES string of the molecule is CCCN1CC[C@@H](c2ccc(NS(=O)(=O)c3ccc(C(C)C(F)(F)F)cc3)cc2)C1. The molecule has 1 saturated heterocycles. The van der Waals surface area contributed by atoms with Crippen molar-refractivity contribution in [2.45, 2.75) is 49.6 Å². The zero-order valence-electron chi connectivity index (χ0n) is 17.1. The third-order valence-electron chi connectivity index (χ3n) is 5.63. The zero-order chi connectivity index (χ0) is 21.9. The van der Waals surface area contributed by atoms with E-state index in [9.17, 15) is 21.6 Å². The van der Waals surface area contributed by atoms with Gasteiger partial charge in [-0.1, -0.05) is 31.2 Å². The Kier molecular flexibility index (Phi) is 6.77. The Hall–Kier alpha value is -2.06. The Morgan fingerprint density at radius 2 is 1.73 bits per heavy atom. The molecule has 1 fully saturated rings. The van der Waals surface area contributed by atoms with Crippen molar-refractivity contribution in [3.63, 3.8) is 0 Å². The summed E-state index contributed by atoms with van der Waals surface area (Å²) in [5.41, 5.74) is 1.64. The molecule has 1 aliphatic heterocycles. The first-order chi connectivity index (χ1) is 14.1. The third-order valence-corrected chi connectivity index (χ3v) is 7.03. The maximum atomic E-state index is 12.8. The molecule has 2 aromatic carbocycles. The second kappa shape index (κ2) is 8.98. The van der Waals surface area contributed by atoms with Gasteiger partial charge in [0.05, 0.1) is 10.8 Å². The number of nitrogens with one attached hydrogen (secondary N) is 1. The summed E-state index contributed by atoms with van der Waals surface area (Å²) in [6.07, 6.45) is -2.15. The lowest BCUT2D eigenvalue weighted by Crippen LogP contribution is -2.20. The van der Waals surface area contributed by atoms with Gasteiger partial charge in [-0.3, -0.25) is 4.72 Å². The van der Waals surface area contributed by atoms with E-state index in [1.807, 2.05) is 12.1 Å². The number of hydrogen-bond donors (Lipinski definition) is 1. The van der Waals surface area contributed by atoms with Crippen LogP contribution in [0.25, 0.3) is 0 Å². The summed E-state index contributed by atoms with van der Waals surface area (Å²) < 4.78 is 66.2. The van der Waals surface area contributed by atoms with E-state index in [0.717, 1.165) is 39.4 Å². The van der Waals surface area contributed by atoms with Gasteiger partial charge in [0.25, 0.3) is 10.0 Å². The predicted octanol–water partition coefficient (Wildman–Crippen LogP) is 5.35. The standard InChI is InChI=1S/C22H27F3N2O2S/c1-3-13-27-14-12-19(15-27)18-4-8-20(9-5-18)26-30(28,29)21-10-6-17(7-11-21)16(2)22(23,24)25/h4-11,16,19,26H,3,12-15H2,1-2H3/t16?,19-/m1/s1. The van der Waals surface area contributed by atoms with Crippen molar-refractivity contribution in [1.29, 1.82) is 0 Å². The summed E-state index contributed by atoms with van der Waals surface area (Å²) in [7, 11) is -3.88. The van der Waals surface area contributed by atoms with Gasteiger partial charge in [-0.15, -0.1) is 0 Å². The van der Waals surface area contributed by atoms with Crippen molar-refractivity contribution in [2.75, 3.05) is 24.4 Å². The largest absolute Gasteiger partial charge is 0.395 e. The molecule has 1 heterocycles. The topological polar surface area (TPSA) is 49.4 Å². The molecule has 0 spiro atoms. The highest BCUT2D eigenvalue weighted by molar-refractivity contribution is 7.92. The van der Waals surface area contributed by atoms with Crippen LogP contribution in [0.1, 0.15) is 49.7 Å². The molecule has 3 rings (SSSR count). The number of rotatable bonds is 7. The van der Waals surface area contributed by atoms with Gasteiger partial charge < -0.3 is 4.90 Å². The zero-order valence-corrected chi connectivity index (χ0v) is 17.9. The minimum absolute atomic E-state index is 0.0273. The van der Waals surface area contributed by atoms with Crippen LogP contribution in [0.15, 0.2) is 53.4 Å². The van der Waals surface area contributed by atoms with Gasteiger partial charge in [0, 0.05) is 12.2 Å². The molecular weight excluding hydrogens is 413 g/mol. The van der Waals surface area contributed by atoms with Gasteiger partial charge >= 0.3 is 6.18 Å². The highest BCUT2D eigenvalue weighted by atomic mass is 32.2. The smallest absolute Gasteiger partial charge is 0.303 e. The molecule has 1 unspecified atom stereocenters. The van der Waals surface area contributed by atoms with Gasteiger partial charge in [-0.25, -0.2) is 8.42 Å². The summed E-state index contributed by atoms with van der Waals surface area (Å²) >= 11 is 0. The molecule has 0 aliphatic carbocycles. The number of benzene rings is 2. The molecule has 164 valence electrons. The van der Waals surface area contributed by atoms with Crippen molar-refractivity contribution in [1.82, 2.24) is 4.90 Å². The lowest BCUT2D eigenvalue weighted by Gasteiger charge is -2.16. The van der Waals surface area contributed by atoms with Crippen molar-refractivity contribution < 1.29 is 21.6 Å². The molecule has 0 bridgehead atoms.